The van der Waals surface area contributed by atoms with Gasteiger partial charge in [-0.25, -0.2) is 0 Å². The van der Waals surface area contributed by atoms with Crippen molar-refractivity contribution < 1.29 is 0 Å². The molecule has 0 amide bonds. The van der Waals surface area contributed by atoms with Crippen molar-refractivity contribution >= 4 is 98.8 Å². The Morgan fingerprint density at radius 2 is 0.415 bits per heavy atom. The molecule has 0 heterocycles. The molecule has 0 saturated carbocycles. The highest BCUT2D eigenvalue weighted by atomic mass is 15.2. The van der Waals surface area contributed by atoms with Gasteiger partial charge in [0.1, 0.15) is 0 Å². The zero-order valence-corrected chi connectivity index (χ0v) is 48.3. The van der Waals surface area contributed by atoms with Crippen molar-refractivity contribution in [3.8, 4) is 55.6 Å². The van der Waals surface area contributed by atoms with Crippen LogP contribution in [0.15, 0.2) is 267 Å². The standard InChI is InChI=1S/C72H44N2.4C2H6/c1-3-21-45(22-4-1)73(65-43-41-57-49-27-9-7-25-47(49)51-37-19-39-63(65)67(51)57)71-59-33-15-11-29-53(59)69(54-30-12-16-34-60(54)71)70-55-31-13-17-35-61(55)72(62-36-18-14-32-56(62)70)74(46-23-5-2-6-24-46)66-44-42-58-50-28-10-8-26-48(50)52-38-20-40-64(66)68(52)58;4*1-2/h1-44H;4*1-2H3. The first kappa shape index (κ1) is 52.9. The van der Waals surface area contributed by atoms with Crippen LogP contribution in [0.1, 0.15) is 55.4 Å². The van der Waals surface area contributed by atoms with Crippen LogP contribution in [0.2, 0.25) is 0 Å². The van der Waals surface area contributed by atoms with Gasteiger partial charge in [0.05, 0.1) is 22.7 Å². The van der Waals surface area contributed by atoms with Crippen molar-refractivity contribution in [2.75, 3.05) is 9.80 Å². The van der Waals surface area contributed by atoms with E-state index in [9.17, 15) is 0 Å². The van der Waals surface area contributed by atoms with Crippen molar-refractivity contribution in [2.45, 2.75) is 55.4 Å². The van der Waals surface area contributed by atoms with Gasteiger partial charge in [-0.15, -0.1) is 0 Å². The summed E-state index contributed by atoms with van der Waals surface area (Å²) in [7, 11) is 0. The molecule has 2 aliphatic carbocycles. The van der Waals surface area contributed by atoms with Crippen molar-refractivity contribution in [2.24, 2.45) is 0 Å². The minimum atomic E-state index is 1.11. The van der Waals surface area contributed by atoms with Crippen LogP contribution in [0.4, 0.5) is 34.1 Å². The minimum absolute atomic E-state index is 1.11. The van der Waals surface area contributed by atoms with Crippen LogP contribution in [0.25, 0.3) is 120 Å². The Kier molecular flexibility index (Phi) is 14.7. The van der Waals surface area contributed by atoms with Gasteiger partial charge in [0.25, 0.3) is 0 Å². The van der Waals surface area contributed by atoms with E-state index in [4.69, 9.17) is 0 Å². The van der Waals surface area contributed by atoms with Crippen LogP contribution >= 0.6 is 0 Å². The van der Waals surface area contributed by atoms with Gasteiger partial charge in [0, 0.05) is 43.7 Å². The third kappa shape index (κ3) is 8.23. The van der Waals surface area contributed by atoms with Gasteiger partial charge in [-0.3, -0.25) is 0 Å². The van der Waals surface area contributed by atoms with E-state index in [1.807, 2.05) is 55.4 Å². The van der Waals surface area contributed by atoms with Crippen molar-refractivity contribution in [3.05, 3.63) is 267 Å². The maximum Gasteiger partial charge on any atom is 0.0619 e. The van der Waals surface area contributed by atoms with E-state index in [0.29, 0.717) is 0 Å². The molecule has 0 aromatic heterocycles. The fourth-order valence-corrected chi connectivity index (χ4v) is 13.1. The molecular weight excluding hydrogens is 989 g/mol. The van der Waals surface area contributed by atoms with Crippen LogP contribution in [0, 0.1) is 0 Å². The van der Waals surface area contributed by atoms with E-state index in [0.717, 1.165) is 34.1 Å². The molecule has 14 aromatic carbocycles. The second-order valence-corrected chi connectivity index (χ2v) is 19.8. The lowest BCUT2D eigenvalue weighted by atomic mass is 9.84. The Hall–Kier alpha value is -9.76. The van der Waals surface area contributed by atoms with Crippen molar-refractivity contribution in [3.63, 3.8) is 0 Å². The van der Waals surface area contributed by atoms with Gasteiger partial charge in [-0.2, -0.15) is 0 Å². The van der Waals surface area contributed by atoms with E-state index in [2.05, 4.69) is 277 Å². The number of fused-ring (bicyclic) bond motifs is 10. The molecule has 0 saturated heterocycles. The molecule has 82 heavy (non-hydrogen) atoms. The lowest BCUT2D eigenvalue weighted by molar-refractivity contribution is 1.33. The highest BCUT2D eigenvalue weighted by molar-refractivity contribution is 6.32. The summed E-state index contributed by atoms with van der Waals surface area (Å²) in [6.07, 6.45) is 0. The normalized spacial score (nSPS) is 11.2. The zero-order valence-electron chi connectivity index (χ0n) is 48.3. The van der Waals surface area contributed by atoms with Gasteiger partial charge < -0.3 is 9.80 Å². The van der Waals surface area contributed by atoms with Crippen molar-refractivity contribution in [1.82, 2.24) is 0 Å². The topological polar surface area (TPSA) is 6.48 Å². The monoisotopic (exact) mass is 1060 g/mol. The van der Waals surface area contributed by atoms with Crippen LogP contribution in [-0.4, -0.2) is 0 Å². The van der Waals surface area contributed by atoms with E-state index in [1.165, 1.54) is 120 Å². The summed E-state index contributed by atoms with van der Waals surface area (Å²) in [4.78, 5) is 5.07. The number of hydrogen-bond donors (Lipinski definition) is 0. The van der Waals surface area contributed by atoms with Gasteiger partial charge in [-0.05, 0) is 124 Å². The molecule has 0 atom stereocenters. The molecule has 0 fully saturated rings. The van der Waals surface area contributed by atoms with Gasteiger partial charge in [-0.1, -0.05) is 286 Å². The van der Waals surface area contributed by atoms with Crippen LogP contribution in [0.5, 0.6) is 0 Å². The fourth-order valence-electron chi connectivity index (χ4n) is 13.1. The first-order valence-corrected chi connectivity index (χ1v) is 29.7. The highest BCUT2D eigenvalue weighted by Crippen LogP contribution is 2.57. The quantitative estimate of drug-likeness (QED) is 0.147. The summed E-state index contributed by atoms with van der Waals surface area (Å²) in [5, 5.41) is 14.7. The minimum Gasteiger partial charge on any atom is -0.309 e. The number of para-hydroxylation sites is 2. The molecule has 0 bridgehead atoms. The predicted molar refractivity (Wildman–Crippen MR) is 361 cm³/mol. The van der Waals surface area contributed by atoms with Gasteiger partial charge in [0.2, 0.25) is 0 Å². The van der Waals surface area contributed by atoms with Crippen molar-refractivity contribution in [1.29, 1.82) is 0 Å². The van der Waals surface area contributed by atoms with E-state index in [-0.39, 0.29) is 0 Å². The molecule has 398 valence electrons. The largest absolute Gasteiger partial charge is 0.309 e. The SMILES string of the molecule is CC.CC.CC.CC.c1ccc(N(c2c3ccccc3c(-c3c4ccccc4c(N(c4ccccc4)c4ccc5c6c(cccc46)-c4ccccc4-5)c4ccccc34)c3ccccc23)c2ccc3c4c(cccc24)-c2ccccc2-3)cc1. The molecule has 2 nitrogen and oxygen atoms in total. The Labute approximate surface area is 483 Å². The Balaban J connectivity index is 0.000000799. The summed E-state index contributed by atoms with van der Waals surface area (Å²) in [5.74, 6) is 0. The summed E-state index contributed by atoms with van der Waals surface area (Å²) in [5.41, 5.74) is 19.7. The maximum absolute atomic E-state index is 2.54. The summed E-state index contributed by atoms with van der Waals surface area (Å²) < 4.78 is 0. The van der Waals surface area contributed by atoms with Gasteiger partial charge >= 0.3 is 0 Å². The fraction of sp³-hybridized carbons (Fsp3) is 0.100. The number of rotatable bonds is 7. The molecule has 0 radical (unpaired) electrons. The number of nitrogens with zero attached hydrogens (tertiary/aromatic N) is 2. The Morgan fingerprint density at radius 1 is 0.183 bits per heavy atom. The molecule has 0 N–H and O–H groups in total. The molecule has 2 aliphatic rings. The summed E-state index contributed by atoms with van der Waals surface area (Å²) in [6.45, 7) is 16.0. The second-order valence-electron chi connectivity index (χ2n) is 19.8. The number of benzene rings is 14. The average molecular weight is 1060 g/mol. The maximum atomic E-state index is 2.54. The molecule has 16 rings (SSSR count). The average Bonchev–Trinajstić information content (AvgIpc) is 4.15. The number of hydrogen-bond acceptors (Lipinski definition) is 2. The molecule has 0 aliphatic heterocycles. The lowest BCUT2D eigenvalue weighted by Gasteiger charge is -2.32. The van der Waals surface area contributed by atoms with Crippen LogP contribution < -0.4 is 9.80 Å². The summed E-state index contributed by atoms with van der Waals surface area (Å²) >= 11 is 0. The van der Waals surface area contributed by atoms with E-state index < -0.39 is 0 Å². The second kappa shape index (κ2) is 22.8. The van der Waals surface area contributed by atoms with Crippen LogP contribution in [-0.2, 0) is 0 Å². The number of anilines is 6. The molecule has 0 spiro atoms. The molecule has 14 aromatic rings. The first-order chi connectivity index (χ1) is 40.8. The predicted octanol–water partition coefficient (Wildman–Crippen LogP) is 24.6. The Morgan fingerprint density at radius 3 is 0.720 bits per heavy atom. The van der Waals surface area contributed by atoms with Crippen LogP contribution in [0.3, 0.4) is 0 Å². The zero-order chi connectivity index (χ0) is 56.4. The van der Waals surface area contributed by atoms with E-state index in [1.54, 1.807) is 0 Å². The highest BCUT2D eigenvalue weighted by Gasteiger charge is 2.31. The molecular formula is C80H68N2. The first-order valence-electron chi connectivity index (χ1n) is 29.7. The summed E-state index contributed by atoms with van der Waals surface area (Å²) in [6, 6.07) is 99.3. The van der Waals surface area contributed by atoms with E-state index >= 15 is 0 Å². The van der Waals surface area contributed by atoms with Gasteiger partial charge in [0.15, 0.2) is 0 Å². The molecule has 2 heteroatoms. The molecule has 0 unspecified atom stereocenters. The third-order valence-electron chi connectivity index (χ3n) is 16.1. The smallest absolute Gasteiger partial charge is 0.0619 e. The lowest BCUT2D eigenvalue weighted by Crippen LogP contribution is -2.13. The third-order valence-corrected chi connectivity index (χ3v) is 16.1. The Bertz CT molecular complexity index is 4200.